The van der Waals surface area contributed by atoms with Crippen molar-refractivity contribution in [2.45, 2.75) is 0 Å². The van der Waals surface area contributed by atoms with E-state index in [1.807, 2.05) is 0 Å². The predicted octanol–water partition coefficient (Wildman–Crippen LogP) is 0.870. The van der Waals surface area contributed by atoms with Crippen LogP contribution in [0.1, 0.15) is 5.56 Å². The fourth-order valence-electron chi connectivity index (χ4n) is 1.37. The summed E-state index contributed by atoms with van der Waals surface area (Å²) in [7, 11) is 4.63. The van der Waals surface area contributed by atoms with Crippen LogP contribution in [0.4, 0.5) is 0 Å². The van der Waals surface area contributed by atoms with Gasteiger partial charge >= 0.3 is 0 Å². The van der Waals surface area contributed by atoms with Gasteiger partial charge in [0, 0.05) is 14.1 Å². The number of nitrogens with one attached hydrogen (secondary N) is 1. The van der Waals surface area contributed by atoms with Crippen molar-refractivity contribution in [2.75, 3.05) is 21.2 Å². The second-order valence-electron chi connectivity index (χ2n) is 3.60. The molecule has 2 amide bonds. The minimum atomic E-state index is -0.319. The van der Waals surface area contributed by atoms with Gasteiger partial charge in [-0.2, -0.15) is 0 Å². The van der Waals surface area contributed by atoms with Crippen LogP contribution in [0.25, 0.3) is 6.08 Å². The summed E-state index contributed by atoms with van der Waals surface area (Å²) < 4.78 is 5.04. The van der Waals surface area contributed by atoms with Crippen LogP contribution >= 0.6 is 0 Å². The molecule has 0 fully saturated rings. The lowest BCUT2D eigenvalue weighted by molar-refractivity contribution is -0.122. The largest absolute Gasteiger partial charge is 0.497 e. The molecule has 0 bridgehead atoms. The first-order chi connectivity index (χ1) is 8.62. The first-order valence-electron chi connectivity index (χ1n) is 5.38. The highest BCUT2D eigenvalue weighted by Crippen LogP contribution is 2.14. The quantitative estimate of drug-likeness (QED) is 0.621. The molecule has 0 aliphatic rings. The molecule has 0 saturated heterocycles. The molecule has 1 N–H and O–H groups in total. The van der Waals surface area contributed by atoms with E-state index in [2.05, 4.69) is 5.32 Å². The van der Waals surface area contributed by atoms with Gasteiger partial charge in [-0.05, 0) is 23.8 Å². The zero-order valence-electron chi connectivity index (χ0n) is 10.6. The van der Waals surface area contributed by atoms with E-state index in [9.17, 15) is 9.59 Å². The van der Waals surface area contributed by atoms with Crippen molar-refractivity contribution in [3.63, 3.8) is 0 Å². The fourth-order valence-corrected chi connectivity index (χ4v) is 1.37. The summed E-state index contributed by atoms with van der Waals surface area (Å²) in [5, 5.41) is 2.49. The molecule has 0 unspecified atom stereocenters. The maximum absolute atomic E-state index is 11.6. The van der Waals surface area contributed by atoms with Gasteiger partial charge in [0.25, 0.3) is 5.91 Å². The van der Waals surface area contributed by atoms with E-state index in [1.54, 1.807) is 37.5 Å². The Kier molecular flexibility index (Phi) is 4.92. The predicted molar refractivity (Wildman–Crippen MR) is 68.9 cm³/mol. The monoisotopic (exact) mass is 248 g/mol. The number of rotatable bonds is 5. The standard InChI is InChI=1S/C13H16N2O3/c1-14-13(17)12(15(2)9-16)8-10-4-6-11(18-3)7-5-10/h4-9H,1-3H3,(H,14,17)/b12-8-. The Hall–Kier alpha value is -2.30. The lowest BCUT2D eigenvalue weighted by atomic mass is 10.1. The van der Waals surface area contributed by atoms with Crippen LogP contribution in [0, 0.1) is 0 Å². The highest BCUT2D eigenvalue weighted by molar-refractivity contribution is 5.98. The summed E-state index contributed by atoms with van der Waals surface area (Å²) in [6.45, 7) is 0. The van der Waals surface area contributed by atoms with Gasteiger partial charge in [-0.3, -0.25) is 9.59 Å². The van der Waals surface area contributed by atoms with E-state index < -0.39 is 0 Å². The van der Waals surface area contributed by atoms with Crippen LogP contribution in [-0.4, -0.2) is 38.4 Å². The van der Waals surface area contributed by atoms with Gasteiger partial charge in [0.1, 0.15) is 11.4 Å². The Morgan fingerprint density at radius 2 is 1.94 bits per heavy atom. The molecule has 1 rings (SSSR count). The zero-order valence-corrected chi connectivity index (χ0v) is 10.6. The first kappa shape index (κ1) is 13.8. The van der Waals surface area contributed by atoms with Crippen LogP contribution in [-0.2, 0) is 9.59 Å². The Labute approximate surface area is 106 Å². The Morgan fingerprint density at radius 1 is 1.33 bits per heavy atom. The van der Waals surface area contributed by atoms with E-state index in [4.69, 9.17) is 4.74 Å². The number of carbonyl (C=O) groups is 2. The van der Waals surface area contributed by atoms with Crippen molar-refractivity contribution in [1.82, 2.24) is 10.2 Å². The lowest BCUT2D eigenvalue weighted by Gasteiger charge is -2.14. The molecule has 0 aliphatic heterocycles. The summed E-state index contributed by atoms with van der Waals surface area (Å²) in [4.78, 5) is 23.6. The number of methoxy groups -OCH3 is 1. The van der Waals surface area contributed by atoms with Crippen LogP contribution in [0.15, 0.2) is 30.0 Å². The molecular weight excluding hydrogens is 232 g/mol. The molecule has 5 heteroatoms. The van der Waals surface area contributed by atoms with Crippen molar-refractivity contribution in [1.29, 1.82) is 0 Å². The third-order valence-corrected chi connectivity index (χ3v) is 2.42. The van der Waals surface area contributed by atoms with Crippen molar-refractivity contribution in [3.8, 4) is 5.75 Å². The highest BCUT2D eigenvalue weighted by atomic mass is 16.5. The van der Waals surface area contributed by atoms with Crippen LogP contribution in [0.3, 0.4) is 0 Å². The number of hydrogen-bond acceptors (Lipinski definition) is 3. The van der Waals surface area contributed by atoms with Gasteiger partial charge in [0.15, 0.2) is 0 Å². The van der Waals surface area contributed by atoms with Crippen molar-refractivity contribution >= 4 is 18.4 Å². The number of hydrogen-bond donors (Lipinski definition) is 1. The molecule has 0 heterocycles. The summed E-state index contributed by atoms with van der Waals surface area (Å²) in [5.74, 6) is 0.415. The number of carbonyl (C=O) groups excluding carboxylic acids is 2. The highest BCUT2D eigenvalue weighted by Gasteiger charge is 2.11. The molecule has 0 aromatic heterocycles. The molecule has 18 heavy (non-hydrogen) atoms. The second-order valence-corrected chi connectivity index (χ2v) is 3.60. The Bertz CT molecular complexity index is 452. The van der Waals surface area contributed by atoms with Crippen molar-refractivity contribution in [2.24, 2.45) is 0 Å². The number of benzene rings is 1. The van der Waals surface area contributed by atoms with E-state index in [-0.39, 0.29) is 11.6 Å². The summed E-state index contributed by atoms with van der Waals surface area (Å²) >= 11 is 0. The number of likely N-dealkylation sites (N-methyl/N-ethyl adjacent to an activating group) is 2. The van der Waals surface area contributed by atoms with Gasteiger partial charge in [0.2, 0.25) is 6.41 Å². The normalized spacial score (nSPS) is 10.7. The Morgan fingerprint density at radius 3 is 2.39 bits per heavy atom. The van der Waals surface area contributed by atoms with Crippen LogP contribution in [0.5, 0.6) is 5.75 Å². The van der Waals surface area contributed by atoms with E-state index >= 15 is 0 Å². The third-order valence-electron chi connectivity index (χ3n) is 2.42. The zero-order chi connectivity index (χ0) is 13.5. The van der Waals surface area contributed by atoms with Gasteiger partial charge in [-0.15, -0.1) is 0 Å². The summed E-state index contributed by atoms with van der Waals surface area (Å²) in [6.07, 6.45) is 2.22. The average Bonchev–Trinajstić information content (AvgIpc) is 2.43. The topological polar surface area (TPSA) is 58.6 Å². The van der Waals surface area contributed by atoms with Crippen LogP contribution < -0.4 is 10.1 Å². The molecule has 96 valence electrons. The molecule has 0 spiro atoms. The molecular formula is C13H16N2O3. The maximum atomic E-state index is 11.6. The second kappa shape index (κ2) is 6.44. The fraction of sp³-hybridized carbons (Fsp3) is 0.231. The van der Waals surface area contributed by atoms with E-state index in [0.29, 0.717) is 6.41 Å². The molecule has 0 radical (unpaired) electrons. The molecule has 0 atom stereocenters. The molecule has 5 nitrogen and oxygen atoms in total. The minimum Gasteiger partial charge on any atom is -0.497 e. The van der Waals surface area contributed by atoms with Crippen molar-refractivity contribution in [3.05, 3.63) is 35.5 Å². The average molecular weight is 248 g/mol. The molecule has 0 aliphatic carbocycles. The number of amides is 2. The number of nitrogens with zero attached hydrogens (tertiary/aromatic N) is 1. The van der Waals surface area contributed by atoms with E-state index in [0.717, 1.165) is 11.3 Å². The molecule has 0 saturated carbocycles. The number of ether oxygens (including phenoxy) is 1. The third kappa shape index (κ3) is 3.35. The maximum Gasteiger partial charge on any atom is 0.267 e. The van der Waals surface area contributed by atoms with Gasteiger partial charge < -0.3 is 15.0 Å². The lowest BCUT2D eigenvalue weighted by Crippen LogP contribution is -2.29. The molecule has 1 aromatic carbocycles. The van der Waals surface area contributed by atoms with Gasteiger partial charge in [-0.25, -0.2) is 0 Å². The van der Waals surface area contributed by atoms with Crippen LogP contribution in [0.2, 0.25) is 0 Å². The van der Waals surface area contributed by atoms with Gasteiger partial charge in [0.05, 0.1) is 7.11 Å². The smallest absolute Gasteiger partial charge is 0.267 e. The van der Waals surface area contributed by atoms with Gasteiger partial charge in [-0.1, -0.05) is 12.1 Å². The SMILES string of the molecule is CNC(=O)/C(=C/c1ccc(OC)cc1)N(C)C=O. The Balaban J connectivity index is 3.06. The van der Waals surface area contributed by atoms with E-state index in [1.165, 1.54) is 19.0 Å². The summed E-state index contributed by atoms with van der Waals surface area (Å²) in [6, 6.07) is 7.18. The minimum absolute atomic E-state index is 0.276. The molecule has 1 aromatic rings. The van der Waals surface area contributed by atoms with Crippen molar-refractivity contribution < 1.29 is 14.3 Å². The summed E-state index contributed by atoms with van der Waals surface area (Å²) in [5.41, 5.74) is 1.08. The first-order valence-corrected chi connectivity index (χ1v) is 5.38.